The normalized spacial score (nSPS) is 11.6. The summed E-state index contributed by atoms with van der Waals surface area (Å²) in [6.07, 6.45) is 1.40. The van der Waals surface area contributed by atoms with Crippen molar-refractivity contribution >= 4 is 26.8 Å². The zero-order chi connectivity index (χ0) is 17.3. The molecule has 0 aliphatic heterocycles. The van der Waals surface area contributed by atoms with Crippen LogP contribution in [-0.2, 0) is 10.0 Å². The van der Waals surface area contributed by atoms with Crippen LogP contribution >= 0.6 is 0 Å². The Morgan fingerprint density at radius 2 is 1.67 bits per heavy atom. The lowest BCUT2D eigenvalue weighted by molar-refractivity contribution is 0.0946. The third kappa shape index (κ3) is 2.86. The van der Waals surface area contributed by atoms with E-state index in [2.05, 4.69) is 4.98 Å². The van der Waals surface area contributed by atoms with E-state index in [1.54, 1.807) is 29.1 Å². The van der Waals surface area contributed by atoms with Gasteiger partial charge in [-0.2, -0.15) is 0 Å². The number of sulfonamides is 1. The van der Waals surface area contributed by atoms with Crippen molar-refractivity contribution in [2.75, 3.05) is 0 Å². The summed E-state index contributed by atoms with van der Waals surface area (Å²) in [7, 11) is -4.60. The van der Waals surface area contributed by atoms with E-state index in [-0.39, 0.29) is 5.56 Å². The monoisotopic (exact) mass is 351 g/mol. The Bertz CT molecular complexity index is 1010. The minimum absolute atomic E-state index is 0.183. The Morgan fingerprint density at radius 1 is 1.00 bits per heavy atom. The van der Waals surface area contributed by atoms with Crippen LogP contribution in [0.3, 0.4) is 0 Å². The maximum absolute atomic E-state index is 13.6. The number of aromatic amines is 1. The molecule has 0 spiro atoms. The largest absolute Gasteiger partial charge is 0.360 e. The number of carbonyl (C=O) groups is 1. The van der Waals surface area contributed by atoms with Crippen molar-refractivity contribution in [1.29, 1.82) is 0 Å². The number of hydrazine groups is 1. The SMILES string of the molecule is O=C(NNS(=O)(=O)c1c(F)cccc1F)c1c[nH]c2ccccc12. The number of fused-ring (bicyclic) bond motifs is 1. The van der Waals surface area contributed by atoms with Crippen LogP contribution in [0.2, 0.25) is 0 Å². The van der Waals surface area contributed by atoms with Crippen LogP contribution in [-0.4, -0.2) is 19.3 Å². The summed E-state index contributed by atoms with van der Waals surface area (Å²) >= 11 is 0. The van der Waals surface area contributed by atoms with Gasteiger partial charge in [-0.05, 0) is 18.2 Å². The molecule has 9 heteroatoms. The molecule has 0 aliphatic carbocycles. The van der Waals surface area contributed by atoms with Crippen LogP contribution in [0.5, 0.6) is 0 Å². The Balaban J connectivity index is 1.83. The molecule has 0 radical (unpaired) electrons. The lowest BCUT2D eigenvalue weighted by Gasteiger charge is -2.09. The number of hydrogen-bond acceptors (Lipinski definition) is 3. The maximum Gasteiger partial charge on any atom is 0.268 e. The molecule has 0 bridgehead atoms. The summed E-state index contributed by atoms with van der Waals surface area (Å²) < 4.78 is 51.1. The van der Waals surface area contributed by atoms with Crippen molar-refractivity contribution in [2.24, 2.45) is 0 Å². The fourth-order valence-electron chi connectivity index (χ4n) is 2.23. The molecule has 0 fully saturated rings. The highest BCUT2D eigenvalue weighted by molar-refractivity contribution is 7.89. The second-order valence-electron chi connectivity index (χ2n) is 4.86. The number of H-pyrrole nitrogens is 1. The maximum atomic E-state index is 13.6. The van der Waals surface area contributed by atoms with E-state index in [4.69, 9.17) is 0 Å². The standard InChI is InChI=1S/C15H11F2N3O3S/c16-11-5-3-6-12(17)14(11)24(22,23)20-19-15(21)10-8-18-13-7-2-1-4-9(10)13/h1-8,18,20H,(H,19,21). The zero-order valence-electron chi connectivity index (χ0n) is 12.0. The van der Waals surface area contributed by atoms with Gasteiger partial charge in [0.05, 0.1) is 5.56 Å². The first-order valence-corrected chi connectivity index (χ1v) is 8.21. The summed E-state index contributed by atoms with van der Waals surface area (Å²) in [5.74, 6) is -3.29. The Kier molecular flexibility index (Phi) is 4.04. The molecule has 3 aromatic rings. The molecule has 1 aromatic heterocycles. The van der Waals surface area contributed by atoms with Crippen molar-refractivity contribution < 1.29 is 22.0 Å². The molecule has 0 unspecified atom stereocenters. The van der Waals surface area contributed by atoms with E-state index >= 15 is 0 Å². The topological polar surface area (TPSA) is 91.1 Å². The number of amides is 1. The quantitative estimate of drug-likeness (QED) is 0.629. The van der Waals surface area contributed by atoms with E-state index in [0.717, 1.165) is 18.2 Å². The van der Waals surface area contributed by atoms with Gasteiger partial charge in [0.2, 0.25) is 0 Å². The smallest absolute Gasteiger partial charge is 0.268 e. The minimum atomic E-state index is -4.60. The first-order valence-electron chi connectivity index (χ1n) is 6.72. The molecule has 3 N–H and O–H groups in total. The molecular weight excluding hydrogens is 340 g/mol. The van der Waals surface area contributed by atoms with E-state index in [1.165, 1.54) is 6.20 Å². The van der Waals surface area contributed by atoms with E-state index in [1.807, 2.05) is 5.43 Å². The highest BCUT2D eigenvalue weighted by Crippen LogP contribution is 2.19. The van der Waals surface area contributed by atoms with Crippen molar-refractivity contribution in [3.63, 3.8) is 0 Å². The highest BCUT2D eigenvalue weighted by atomic mass is 32.2. The first kappa shape index (κ1) is 16.1. The van der Waals surface area contributed by atoms with Gasteiger partial charge in [0.25, 0.3) is 15.9 Å². The van der Waals surface area contributed by atoms with Gasteiger partial charge in [0.15, 0.2) is 4.90 Å². The number of rotatable bonds is 4. The fourth-order valence-corrected chi connectivity index (χ4v) is 3.21. The van der Waals surface area contributed by atoms with Crippen LogP contribution in [0.25, 0.3) is 10.9 Å². The van der Waals surface area contributed by atoms with Gasteiger partial charge in [-0.1, -0.05) is 24.3 Å². The molecular formula is C15H11F2N3O3S. The predicted octanol–water partition coefficient (Wildman–Crippen LogP) is 2.07. The van der Waals surface area contributed by atoms with Crippen LogP contribution in [0, 0.1) is 11.6 Å². The number of hydrogen-bond donors (Lipinski definition) is 3. The van der Waals surface area contributed by atoms with Crippen LogP contribution in [0.1, 0.15) is 10.4 Å². The number of halogens is 2. The first-order chi connectivity index (χ1) is 11.4. The van der Waals surface area contributed by atoms with Gasteiger partial charge < -0.3 is 4.98 Å². The van der Waals surface area contributed by atoms with Crippen molar-refractivity contribution in [1.82, 2.24) is 15.2 Å². The van der Waals surface area contributed by atoms with Crippen LogP contribution in [0.15, 0.2) is 53.6 Å². The molecule has 2 aromatic carbocycles. The number of nitrogens with one attached hydrogen (secondary N) is 3. The van der Waals surface area contributed by atoms with Gasteiger partial charge in [0.1, 0.15) is 11.6 Å². The summed E-state index contributed by atoms with van der Waals surface area (Å²) in [6, 6.07) is 9.54. The minimum Gasteiger partial charge on any atom is -0.360 e. The van der Waals surface area contributed by atoms with E-state index in [0.29, 0.717) is 10.9 Å². The average Bonchev–Trinajstić information content (AvgIpc) is 2.96. The predicted molar refractivity (Wildman–Crippen MR) is 82.4 cm³/mol. The lowest BCUT2D eigenvalue weighted by atomic mass is 10.2. The molecule has 124 valence electrons. The fraction of sp³-hybridized carbons (Fsp3) is 0. The Labute approximate surface area is 135 Å². The third-order valence-electron chi connectivity index (χ3n) is 3.32. The average molecular weight is 351 g/mol. The van der Waals surface area contributed by atoms with Gasteiger partial charge >= 0.3 is 0 Å². The molecule has 0 atom stereocenters. The van der Waals surface area contributed by atoms with Crippen molar-refractivity contribution in [2.45, 2.75) is 4.90 Å². The van der Waals surface area contributed by atoms with Crippen molar-refractivity contribution in [3.05, 3.63) is 65.9 Å². The summed E-state index contributed by atoms with van der Waals surface area (Å²) in [5.41, 5.74) is 2.81. The second kappa shape index (κ2) is 6.02. The van der Waals surface area contributed by atoms with Gasteiger partial charge in [-0.15, -0.1) is 4.83 Å². The second-order valence-corrected chi connectivity index (χ2v) is 6.48. The van der Waals surface area contributed by atoms with Gasteiger partial charge in [0, 0.05) is 17.1 Å². The molecule has 3 rings (SSSR count). The Morgan fingerprint density at radius 3 is 2.38 bits per heavy atom. The molecule has 6 nitrogen and oxygen atoms in total. The highest BCUT2D eigenvalue weighted by Gasteiger charge is 2.24. The molecule has 1 heterocycles. The van der Waals surface area contributed by atoms with Crippen molar-refractivity contribution in [3.8, 4) is 0 Å². The molecule has 0 saturated carbocycles. The van der Waals surface area contributed by atoms with E-state index in [9.17, 15) is 22.0 Å². The van der Waals surface area contributed by atoms with Gasteiger partial charge in [-0.25, -0.2) is 17.2 Å². The zero-order valence-corrected chi connectivity index (χ0v) is 12.8. The van der Waals surface area contributed by atoms with Crippen LogP contribution in [0.4, 0.5) is 8.78 Å². The molecule has 0 saturated heterocycles. The summed E-state index contributed by atoms with van der Waals surface area (Å²) in [6.45, 7) is 0. The summed E-state index contributed by atoms with van der Waals surface area (Å²) in [4.78, 5) is 15.5. The van der Waals surface area contributed by atoms with Crippen LogP contribution < -0.4 is 10.3 Å². The molecule has 1 amide bonds. The summed E-state index contributed by atoms with van der Waals surface area (Å²) in [5, 5.41) is 0.575. The van der Waals surface area contributed by atoms with Gasteiger partial charge in [-0.3, -0.25) is 10.2 Å². The number of benzene rings is 2. The van der Waals surface area contributed by atoms with E-state index < -0.39 is 32.5 Å². The number of para-hydroxylation sites is 1. The molecule has 24 heavy (non-hydrogen) atoms. The molecule has 0 aliphatic rings. The number of carbonyl (C=O) groups excluding carboxylic acids is 1. The third-order valence-corrected chi connectivity index (χ3v) is 4.62. The number of aromatic nitrogens is 1. The Hall–Kier alpha value is -2.78. The lowest BCUT2D eigenvalue weighted by Crippen LogP contribution is -2.42.